The first-order valence-electron chi connectivity index (χ1n) is 9.20. The minimum Gasteiger partial charge on any atom is -0.493 e. The number of piperidine rings is 1. The van der Waals surface area contributed by atoms with Gasteiger partial charge in [0, 0.05) is 18.9 Å². The first-order valence-corrected chi connectivity index (χ1v) is 9.20. The van der Waals surface area contributed by atoms with Crippen molar-refractivity contribution >= 4 is 6.09 Å². The largest absolute Gasteiger partial charge is 0.493 e. The Bertz CT molecular complexity index is 719. The number of hydrogen-bond donors (Lipinski definition) is 2. The average Bonchev–Trinajstić information content (AvgIpc) is 2.69. The molecule has 2 unspecified atom stereocenters. The van der Waals surface area contributed by atoms with Gasteiger partial charge in [-0.25, -0.2) is 4.79 Å². The van der Waals surface area contributed by atoms with Crippen LogP contribution in [0.15, 0.2) is 54.6 Å². The maximum Gasteiger partial charge on any atom is 0.407 e. The Morgan fingerprint density at radius 2 is 1.63 bits per heavy atom. The molecular formula is C21H25NO5. The normalized spacial score (nSPS) is 19.5. The maximum absolute atomic E-state index is 11.0. The van der Waals surface area contributed by atoms with Gasteiger partial charge in [0.15, 0.2) is 0 Å². The summed E-state index contributed by atoms with van der Waals surface area (Å²) in [5.74, 6) is 1.58. The summed E-state index contributed by atoms with van der Waals surface area (Å²) in [6.45, 7) is 1.75. The Morgan fingerprint density at radius 3 is 2.22 bits per heavy atom. The quantitative estimate of drug-likeness (QED) is 0.730. The van der Waals surface area contributed by atoms with Gasteiger partial charge in [0.25, 0.3) is 0 Å². The van der Waals surface area contributed by atoms with Gasteiger partial charge in [0.05, 0.1) is 25.9 Å². The summed E-state index contributed by atoms with van der Waals surface area (Å²) in [6.07, 6.45) is -0.266. The van der Waals surface area contributed by atoms with E-state index in [0.717, 1.165) is 23.5 Å². The van der Waals surface area contributed by atoms with E-state index in [2.05, 4.69) is 0 Å². The maximum atomic E-state index is 11.0. The van der Waals surface area contributed by atoms with Crippen molar-refractivity contribution in [1.29, 1.82) is 0 Å². The van der Waals surface area contributed by atoms with Crippen molar-refractivity contribution in [1.82, 2.24) is 4.90 Å². The Morgan fingerprint density at radius 1 is 1.00 bits per heavy atom. The lowest BCUT2D eigenvalue weighted by Gasteiger charge is -2.34. The summed E-state index contributed by atoms with van der Waals surface area (Å²) in [5.41, 5.74) is 1.01. The zero-order valence-electron chi connectivity index (χ0n) is 15.2. The lowest BCUT2D eigenvalue weighted by atomic mass is 9.87. The van der Waals surface area contributed by atoms with Crippen molar-refractivity contribution in [2.45, 2.75) is 24.9 Å². The summed E-state index contributed by atoms with van der Waals surface area (Å²) in [7, 11) is 0. The Kier molecular flexibility index (Phi) is 6.54. The summed E-state index contributed by atoms with van der Waals surface area (Å²) < 4.78 is 11.4. The van der Waals surface area contributed by atoms with E-state index in [1.165, 1.54) is 4.90 Å². The lowest BCUT2D eigenvalue weighted by molar-refractivity contribution is 0.0504. The Labute approximate surface area is 159 Å². The van der Waals surface area contributed by atoms with Crippen LogP contribution in [-0.4, -0.2) is 53.6 Å². The molecule has 3 rings (SSSR count). The highest BCUT2D eigenvalue weighted by atomic mass is 16.5. The second-order valence-electron chi connectivity index (χ2n) is 6.62. The Balaban J connectivity index is 1.41. The van der Waals surface area contributed by atoms with Gasteiger partial charge >= 0.3 is 6.09 Å². The second-order valence-corrected chi connectivity index (χ2v) is 6.62. The van der Waals surface area contributed by atoms with Crippen molar-refractivity contribution in [3.05, 3.63) is 60.2 Å². The Hall–Kier alpha value is -2.73. The van der Waals surface area contributed by atoms with Gasteiger partial charge in [-0.2, -0.15) is 0 Å². The highest BCUT2D eigenvalue weighted by Crippen LogP contribution is 2.29. The SMILES string of the molecule is O=C(O)N1CCC(c2ccc(OCCCOc3ccccc3)cc2)C(O)C1. The summed E-state index contributed by atoms with van der Waals surface area (Å²) >= 11 is 0. The number of aliphatic hydroxyl groups excluding tert-OH is 1. The van der Waals surface area contributed by atoms with Gasteiger partial charge in [-0.15, -0.1) is 0 Å². The van der Waals surface area contributed by atoms with Crippen molar-refractivity contribution in [2.24, 2.45) is 0 Å². The third-order valence-corrected chi connectivity index (χ3v) is 4.73. The van der Waals surface area contributed by atoms with Gasteiger partial charge in [-0.1, -0.05) is 30.3 Å². The van der Waals surface area contributed by atoms with Crippen LogP contribution in [0.1, 0.15) is 24.3 Å². The van der Waals surface area contributed by atoms with Crippen molar-refractivity contribution in [2.75, 3.05) is 26.3 Å². The van der Waals surface area contributed by atoms with E-state index < -0.39 is 12.2 Å². The van der Waals surface area contributed by atoms with Gasteiger partial charge in [-0.3, -0.25) is 0 Å². The highest BCUT2D eigenvalue weighted by Gasteiger charge is 2.30. The number of nitrogens with zero attached hydrogens (tertiary/aromatic N) is 1. The van der Waals surface area contributed by atoms with Crippen LogP contribution in [0.25, 0.3) is 0 Å². The number of likely N-dealkylation sites (tertiary alicyclic amines) is 1. The van der Waals surface area contributed by atoms with E-state index in [4.69, 9.17) is 14.6 Å². The van der Waals surface area contributed by atoms with E-state index in [1.807, 2.05) is 54.6 Å². The number of para-hydroxylation sites is 1. The summed E-state index contributed by atoms with van der Waals surface area (Å²) in [5, 5.41) is 19.3. The molecule has 2 N–H and O–H groups in total. The fraction of sp³-hybridized carbons (Fsp3) is 0.381. The smallest absolute Gasteiger partial charge is 0.407 e. The molecule has 144 valence electrons. The van der Waals surface area contributed by atoms with Gasteiger partial charge in [0.1, 0.15) is 11.5 Å². The van der Waals surface area contributed by atoms with E-state index >= 15 is 0 Å². The number of β-amino-alcohol motifs (C(OH)–C–C–N with tert-alkyl or cyclic N) is 1. The minimum atomic E-state index is -0.979. The monoisotopic (exact) mass is 371 g/mol. The van der Waals surface area contributed by atoms with Crippen LogP contribution in [0.2, 0.25) is 0 Å². The fourth-order valence-corrected chi connectivity index (χ4v) is 3.26. The molecule has 2 aromatic carbocycles. The third-order valence-electron chi connectivity index (χ3n) is 4.73. The molecule has 2 atom stereocenters. The molecule has 1 amide bonds. The van der Waals surface area contributed by atoms with Crippen LogP contribution in [0.5, 0.6) is 11.5 Å². The predicted molar refractivity (Wildman–Crippen MR) is 101 cm³/mol. The van der Waals surface area contributed by atoms with Crippen LogP contribution in [-0.2, 0) is 0 Å². The number of rotatable bonds is 7. The molecule has 6 nitrogen and oxygen atoms in total. The number of carbonyl (C=O) groups is 1. The molecular weight excluding hydrogens is 346 g/mol. The van der Waals surface area contributed by atoms with E-state index in [-0.39, 0.29) is 12.5 Å². The molecule has 1 aliphatic rings. The highest BCUT2D eigenvalue weighted by molar-refractivity contribution is 5.65. The molecule has 0 aromatic heterocycles. The minimum absolute atomic E-state index is 0.0473. The average molecular weight is 371 g/mol. The van der Waals surface area contributed by atoms with E-state index in [9.17, 15) is 9.90 Å². The fourth-order valence-electron chi connectivity index (χ4n) is 3.26. The standard InChI is InChI=1S/C21H25NO5/c23-20-15-22(21(24)25)12-11-19(20)16-7-9-18(10-8-16)27-14-4-13-26-17-5-2-1-3-6-17/h1-3,5-10,19-20,23H,4,11-15H2,(H,24,25). The van der Waals surface area contributed by atoms with Crippen LogP contribution < -0.4 is 9.47 Å². The topological polar surface area (TPSA) is 79.2 Å². The lowest BCUT2D eigenvalue weighted by Crippen LogP contribution is -2.45. The summed E-state index contributed by atoms with van der Waals surface area (Å²) in [4.78, 5) is 12.3. The molecule has 0 bridgehead atoms. The molecule has 0 radical (unpaired) electrons. The zero-order valence-corrected chi connectivity index (χ0v) is 15.2. The molecule has 1 aliphatic heterocycles. The van der Waals surface area contributed by atoms with Crippen LogP contribution in [0.3, 0.4) is 0 Å². The predicted octanol–water partition coefficient (Wildman–Crippen LogP) is 3.36. The van der Waals surface area contributed by atoms with Crippen molar-refractivity contribution in [3.63, 3.8) is 0 Å². The number of aliphatic hydroxyl groups is 1. The van der Waals surface area contributed by atoms with Crippen molar-refractivity contribution < 1.29 is 24.5 Å². The van der Waals surface area contributed by atoms with Gasteiger partial charge in [-0.05, 0) is 36.2 Å². The molecule has 6 heteroatoms. The number of benzene rings is 2. The molecule has 0 spiro atoms. The molecule has 0 saturated carbocycles. The van der Waals surface area contributed by atoms with Crippen molar-refractivity contribution in [3.8, 4) is 11.5 Å². The van der Waals surface area contributed by atoms with Gasteiger partial charge in [0.2, 0.25) is 0 Å². The third kappa shape index (κ3) is 5.37. The van der Waals surface area contributed by atoms with Crippen LogP contribution >= 0.6 is 0 Å². The summed E-state index contributed by atoms with van der Waals surface area (Å²) in [6, 6.07) is 17.4. The number of hydrogen-bond acceptors (Lipinski definition) is 4. The number of ether oxygens (including phenoxy) is 2. The first kappa shape index (κ1) is 19.0. The molecule has 27 heavy (non-hydrogen) atoms. The van der Waals surface area contributed by atoms with Gasteiger partial charge < -0.3 is 24.6 Å². The zero-order chi connectivity index (χ0) is 19.1. The van der Waals surface area contributed by atoms with Crippen LogP contribution in [0, 0.1) is 0 Å². The second kappa shape index (κ2) is 9.28. The molecule has 1 heterocycles. The molecule has 1 fully saturated rings. The van der Waals surface area contributed by atoms with E-state index in [1.54, 1.807) is 0 Å². The van der Waals surface area contributed by atoms with E-state index in [0.29, 0.717) is 26.2 Å². The molecule has 1 saturated heterocycles. The first-order chi connectivity index (χ1) is 13.1. The number of amides is 1. The van der Waals surface area contributed by atoms with Crippen LogP contribution in [0.4, 0.5) is 4.79 Å². The molecule has 0 aliphatic carbocycles. The molecule has 2 aromatic rings. The number of carboxylic acid groups (broad SMARTS) is 1.